The van der Waals surface area contributed by atoms with Gasteiger partial charge < -0.3 is 5.32 Å². The average Bonchev–Trinajstić information content (AvgIpc) is 2.68. The molecule has 8 nitrogen and oxygen atoms in total. The first-order valence-corrected chi connectivity index (χ1v) is 13.8. The highest BCUT2D eigenvalue weighted by molar-refractivity contribution is 7.92. The molecule has 2 saturated carbocycles. The number of nitrogens with zero attached hydrogens (tertiary/aromatic N) is 1. The normalized spacial score (nSPS) is 28.9. The van der Waals surface area contributed by atoms with Gasteiger partial charge in [0.1, 0.15) is 0 Å². The van der Waals surface area contributed by atoms with E-state index in [1.807, 2.05) is 4.72 Å². The van der Waals surface area contributed by atoms with Gasteiger partial charge in [-0.05, 0) is 43.4 Å². The average molecular weight is 550 g/mol. The molecule has 1 aromatic carbocycles. The van der Waals surface area contributed by atoms with Crippen molar-refractivity contribution in [3.63, 3.8) is 0 Å². The largest absolute Gasteiger partial charge is 0.416 e. The number of hydrogen-bond donors (Lipinski definition) is 2. The molecule has 0 aromatic heterocycles. The summed E-state index contributed by atoms with van der Waals surface area (Å²) in [5, 5.41) is 2.32. The van der Waals surface area contributed by atoms with E-state index in [1.165, 1.54) is 0 Å². The molecule has 2 N–H and O–H groups in total. The SMILES string of the molecule is O=C(NC1CC2(C(F)(F)F)CCC12)c1cc(C(F)(F)F)ccc1NS(=O)(=O)N1CCS(=O)(=O)CC1. The second-order valence-corrected chi connectivity index (χ2v) is 13.0. The third-order valence-corrected chi connectivity index (χ3v) is 10.2. The summed E-state index contributed by atoms with van der Waals surface area (Å²) in [7, 11) is -7.86. The number of rotatable bonds is 5. The van der Waals surface area contributed by atoms with Crippen molar-refractivity contribution in [2.75, 3.05) is 29.3 Å². The van der Waals surface area contributed by atoms with Crippen LogP contribution in [0.25, 0.3) is 0 Å². The molecule has 1 aromatic rings. The van der Waals surface area contributed by atoms with Crippen molar-refractivity contribution in [1.82, 2.24) is 9.62 Å². The summed E-state index contributed by atoms with van der Waals surface area (Å²) in [6.07, 6.45) is -9.63. The predicted octanol–water partition coefficient (Wildman–Crippen LogP) is 2.55. The number of sulfone groups is 1. The lowest BCUT2D eigenvalue weighted by molar-refractivity contribution is -0.319. The van der Waals surface area contributed by atoms with Crippen LogP contribution in [0, 0.1) is 11.3 Å². The van der Waals surface area contributed by atoms with E-state index in [1.54, 1.807) is 0 Å². The third kappa shape index (κ3) is 4.71. The van der Waals surface area contributed by atoms with Gasteiger partial charge in [0.15, 0.2) is 9.84 Å². The molecule has 3 aliphatic rings. The molecule has 3 unspecified atom stereocenters. The number of anilines is 1. The quantitative estimate of drug-likeness (QED) is 0.549. The smallest absolute Gasteiger partial charge is 0.349 e. The van der Waals surface area contributed by atoms with Crippen LogP contribution >= 0.6 is 0 Å². The fourth-order valence-corrected chi connectivity index (χ4v) is 7.56. The highest BCUT2D eigenvalue weighted by Crippen LogP contribution is 2.68. The van der Waals surface area contributed by atoms with E-state index in [0.717, 1.165) is 10.4 Å². The van der Waals surface area contributed by atoms with E-state index < -0.39 is 90.4 Å². The van der Waals surface area contributed by atoms with Gasteiger partial charge in [0, 0.05) is 19.1 Å². The Kier molecular flexibility index (Phi) is 6.11. The van der Waals surface area contributed by atoms with Crippen molar-refractivity contribution in [1.29, 1.82) is 0 Å². The van der Waals surface area contributed by atoms with Crippen molar-refractivity contribution in [2.45, 2.75) is 37.7 Å². The number of carbonyl (C=O) groups is 1. The standard InChI is InChI=1S/C19H21F6N3O5S2/c20-18(21,22)11-1-2-14(27-35(32,33)28-5-7-34(30,31)8-6-28)12(9-11)16(29)26-15-10-17(19(23,24)25)4-3-13(15)17/h1-2,9,13,15,27H,3-8,10H2,(H,26,29). The molecule has 1 aliphatic heterocycles. The van der Waals surface area contributed by atoms with E-state index in [0.29, 0.717) is 12.1 Å². The Hall–Kier alpha value is -2.07. The van der Waals surface area contributed by atoms with E-state index in [2.05, 4.69) is 5.32 Å². The second kappa shape index (κ2) is 8.23. The van der Waals surface area contributed by atoms with Crippen molar-refractivity contribution in [3.8, 4) is 0 Å². The molecular weight excluding hydrogens is 528 g/mol. The Balaban J connectivity index is 1.57. The Morgan fingerprint density at radius 2 is 1.71 bits per heavy atom. The predicted molar refractivity (Wildman–Crippen MR) is 111 cm³/mol. The first kappa shape index (κ1) is 26.0. The summed E-state index contributed by atoms with van der Waals surface area (Å²) in [5.74, 6) is -2.94. The van der Waals surface area contributed by atoms with E-state index in [4.69, 9.17) is 0 Å². The van der Waals surface area contributed by atoms with Crippen LogP contribution < -0.4 is 10.0 Å². The number of amides is 1. The van der Waals surface area contributed by atoms with Gasteiger partial charge >= 0.3 is 22.6 Å². The van der Waals surface area contributed by atoms with E-state index in [9.17, 15) is 48.0 Å². The lowest BCUT2D eigenvalue weighted by Crippen LogP contribution is -2.69. The summed E-state index contributed by atoms with van der Waals surface area (Å²) in [6.45, 7) is -0.772. The minimum atomic E-state index is -4.87. The molecule has 196 valence electrons. The molecule has 3 fully saturated rings. The van der Waals surface area contributed by atoms with Gasteiger partial charge in [-0.15, -0.1) is 0 Å². The number of hydrogen-bond acceptors (Lipinski definition) is 5. The monoisotopic (exact) mass is 549 g/mol. The summed E-state index contributed by atoms with van der Waals surface area (Å²) in [4.78, 5) is 12.8. The van der Waals surface area contributed by atoms with Crippen LogP contribution in [0.5, 0.6) is 0 Å². The summed E-state index contributed by atoms with van der Waals surface area (Å²) in [6, 6.07) is 0.799. The van der Waals surface area contributed by atoms with Gasteiger partial charge in [-0.25, -0.2) is 8.42 Å². The Morgan fingerprint density at radius 3 is 2.20 bits per heavy atom. The molecule has 0 radical (unpaired) electrons. The highest BCUT2D eigenvalue weighted by Gasteiger charge is 2.72. The summed E-state index contributed by atoms with van der Waals surface area (Å²) >= 11 is 0. The van der Waals surface area contributed by atoms with Crippen LogP contribution in [-0.4, -0.2) is 63.9 Å². The van der Waals surface area contributed by atoms with Crippen molar-refractivity contribution < 1.29 is 48.0 Å². The summed E-state index contributed by atoms with van der Waals surface area (Å²) < 4.78 is 131. The minimum absolute atomic E-state index is 0.0896. The Morgan fingerprint density at radius 1 is 1.09 bits per heavy atom. The third-order valence-electron chi connectivity index (χ3n) is 7.04. The lowest BCUT2D eigenvalue weighted by atomic mass is 9.44. The zero-order valence-electron chi connectivity index (χ0n) is 17.9. The highest BCUT2D eigenvalue weighted by atomic mass is 32.2. The van der Waals surface area contributed by atoms with Gasteiger partial charge in [-0.3, -0.25) is 9.52 Å². The first-order chi connectivity index (χ1) is 16.0. The number of nitrogens with one attached hydrogen (secondary N) is 2. The molecule has 4 rings (SSSR count). The molecule has 1 saturated heterocycles. The summed E-state index contributed by atoms with van der Waals surface area (Å²) in [5.41, 5.74) is -4.38. The van der Waals surface area contributed by atoms with E-state index in [-0.39, 0.29) is 25.9 Å². The number of halogens is 6. The van der Waals surface area contributed by atoms with Crippen molar-refractivity contribution in [2.24, 2.45) is 11.3 Å². The fraction of sp³-hybridized carbons (Fsp3) is 0.632. The van der Waals surface area contributed by atoms with Crippen LogP contribution in [0.4, 0.5) is 32.0 Å². The molecule has 3 atom stereocenters. The second-order valence-electron chi connectivity index (χ2n) is 9.00. The Bertz CT molecular complexity index is 1230. The van der Waals surface area contributed by atoms with Gasteiger partial charge in [0.2, 0.25) is 0 Å². The van der Waals surface area contributed by atoms with Crippen LogP contribution in [-0.2, 0) is 26.2 Å². The fourth-order valence-electron chi connectivity index (χ4n) is 4.88. The first-order valence-electron chi connectivity index (χ1n) is 10.5. The molecule has 1 heterocycles. The molecule has 0 bridgehead atoms. The maximum Gasteiger partial charge on any atom is 0.416 e. The van der Waals surface area contributed by atoms with Gasteiger partial charge in [-0.1, -0.05) is 0 Å². The molecule has 1 amide bonds. The van der Waals surface area contributed by atoms with Crippen LogP contribution in [0.15, 0.2) is 18.2 Å². The van der Waals surface area contributed by atoms with E-state index >= 15 is 0 Å². The zero-order valence-corrected chi connectivity index (χ0v) is 19.5. The van der Waals surface area contributed by atoms with Crippen molar-refractivity contribution >= 4 is 31.6 Å². The maximum atomic E-state index is 13.3. The maximum absolute atomic E-state index is 13.3. The molecule has 35 heavy (non-hydrogen) atoms. The molecular formula is C19H21F6N3O5S2. The number of benzene rings is 1. The van der Waals surface area contributed by atoms with Gasteiger partial charge in [0.05, 0.1) is 33.7 Å². The van der Waals surface area contributed by atoms with Crippen LogP contribution in [0.2, 0.25) is 0 Å². The lowest BCUT2D eigenvalue weighted by Gasteiger charge is -2.63. The van der Waals surface area contributed by atoms with Crippen LogP contribution in [0.1, 0.15) is 35.2 Å². The number of fused-ring (bicyclic) bond motifs is 1. The molecule has 2 aliphatic carbocycles. The van der Waals surface area contributed by atoms with Crippen LogP contribution in [0.3, 0.4) is 0 Å². The van der Waals surface area contributed by atoms with Gasteiger partial charge in [0.25, 0.3) is 5.91 Å². The topological polar surface area (TPSA) is 113 Å². The Labute approximate surface area is 197 Å². The minimum Gasteiger partial charge on any atom is -0.349 e. The number of alkyl halides is 6. The molecule has 16 heteroatoms. The van der Waals surface area contributed by atoms with Gasteiger partial charge in [-0.2, -0.15) is 39.1 Å². The molecule has 0 spiro atoms. The number of carbonyl (C=O) groups excluding carboxylic acids is 1. The zero-order chi connectivity index (χ0) is 26.0. The van der Waals surface area contributed by atoms with Crippen molar-refractivity contribution in [3.05, 3.63) is 29.3 Å².